The standard InChI is InChI=1S/C17H19NOS/c1-2-18-11-13(19)9-12-7-8-17-15(10-12)14-5-3-4-6-16(14)20-17/h3-8,10,13,18-19H,2,9,11H2,1H3. The van der Waals surface area contributed by atoms with Crippen molar-refractivity contribution in [3.8, 4) is 0 Å². The number of aliphatic hydroxyl groups excluding tert-OH is 1. The molecule has 0 aliphatic carbocycles. The first-order valence-corrected chi connectivity index (χ1v) is 7.88. The van der Waals surface area contributed by atoms with Crippen molar-refractivity contribution in [2.45, 2.75) is 19.4 Å². The second-order valence-electron chi connectivity index (χ2n) is 5.09. The van der Waals surface area contributed by atoms with E-state index >= 15 is 0 Å². The van der Waals surface area contributed by atoms with Gasteiger partial charge in [-0.05, 0) is 36.7 Å². The summed E-state index contributed by atoms with van der Waals surface area (Å²) in [4.78, 5) is 0. The van der Waals surface area contributed by atoms with Gasteiger partial charge in [-0.1, -0.05) is 31.2 Å². The molecule has 2 nitrogen and oxygen atoms in total. The highest BCUT2D eigenvalue weighted by atomic mass is 32.1. The van der Waals surface area contributed by atoms with Gasteiger partial charge in [0.05, 0.1) is 6.10 Å². The van der Waals surface area contributed by atoms with Gasteiger partial charge >= 0.3 is 0 Å². The van der Waals surface area contributed by atoms with Gasteiger partial charge in [-0.3, -0.25) is 0 Å². The van der Waals surface area contributed by atoms with E-state index in [1.165, 1.54) is 25.7 Å². The molecule has 3 heteroatoms. The Bertz CT molecular complexity index is 719. The Morgan fingerprint density at radius 2 is 1.90 bits per heavy atom. The lowest BCUT2D eigenvalue weighted by Gasteiger charge is -2.11. The molecule has 0 aliphatic rings. The van der Waals surface area contributed by atoms with Crippen molar-refractivity contribution in [1.29, 1.82) is 0 Å². The summed E-state index contributed by atoms with van der Waals surface area (Å²) in [6, 6.07) is 15.0. The fourth-order valence-electron chi connectivity index (χ4n) is 2.56. The quantitative estimate of drug-likeness (QED) is 0.751. The molecule has 2 N–H and O–H groups in total. The van der Waals surface area contributed by atoms with Crippen molar-refractivity contribution in [1.82, 2.24) is 5.32 Å². The van der Waals surface area contributed by atoms with Crippen LogP contribution in [0.5, 0.6) is 0 Å². The lowest BCUT2D eigenvalue weighted by molar-refractivity contribution is 0.173. The molecule has 20 heavy (non-hydrogen) atoms. The molecule has 104 valence electrons. The largest absolute Gasteiger partial charge is 0.391 e. The first-order chi connectivity index (χ1) is 9.78. The van der Waals surface area contributed by atoms with Crippen LogP contribution in [-0.2, 0) is 6.42 Å². The van der Waals surface area contributed by atoms with Crippen molar-refractivity contribution in [2.75, 3.05) is 13.1 Å². The zero-order valence-corrected chi connectivity index (χ0v) is 12.4. The minimum absolute atomic E-state index is 0.322. The number of likely N-dealkylation sites (N-methyl/N-ethyl adjacent to an activating group) is 1. The smallest absolute Gasteiger partial charge is 0.0704 e. The molecule has 0 aliphatic heterocycles. The predicted molar refractivity (Wildman–Crippen MR) is 87.6 cm³/mol. The zero-order chi connectivity index (χ0) is 13.9. The van der Waals surface area contributed by atoms with Gasteiger partial charge in [0, 0.05) is 26.7 Å². The Balaban J connectivity index is 1.91. The number of rotatable bonds is 5. The Morgan fingerprint density at radius 1 is 1.10 bits per heavy atom. The third-order valence-corrected chi connectivity index (χ3v) is 4.69. The third-order valence-electron chi connectivity index (χ3n) is 3.54. The summed E-state index contributed by atoms with van der Waals surface area (Å²) in [7, 11) is 0. The van der Waals surface area contributed by atoms with E-state index in [1.807, 2.05) is 11.3 Å². The SMILES string of the molecule is CCNCC(O)Cc1ccc2sc3ccccc3c2c1. The van der Waals surface area contributed by atoms with Gasteiger partial charge in [0.25, 0.3) is 0 Å². The van der Waals surface area contributed by atoms with Gasteiger partial charge in [-0.15, -0.1) is 11.3 Å². The molecule has 1 unspecified atom stereocenters. The number of aliphatic hydroxyl groups is 1. The van der Waals surface area contributed by atoms with Gasteiger partial charge in [-0.25, -0.2) is 0 Å². The lowest BCUT2D eigenvalue weighted by atomic mass is 10.0. The summed E-state index contributed by atoms with van der Waals surface area (Å²) in [5.74, 6) is 0. The molecule has 3 aromatic rings. The Labute approximate surface area is 123 Å². The fraction of sp³-hybridized carbons (Fsp3) is 0.294. The van der Waals surface area contributed by atoms with Crippen LogP contribution in [0.15, 0.2) is 42.5 Å². The monoisotopic (exact) mass is 285 g/mol. The number of hydrogen-bond acceptors (Lipinski definition) is 3. The normalized spacial score (nSPS) is 13.1. The Morgan fingerprint density at radius 3 is 2.75 bits per heavy atom. The van der Waals surface area contributed by atoms with Crippen LogP contribution in [0.1, 0.15) is 12.5 Å². The van der Waals surface area contributed by atoms with Gasteiger partial charge in [0.15, 0.2) is 0 Å². The molecule has 0 fully saturated rings. The zero-order valence-electron chi connectivity index (χ0n) is 11.6. The van der Waals surface area contributed by atoms with Gasteiger partial charge < -0.3 is 10.4 Å². The van der Waals surface area contributed by atoms with E-state index in [0.29, 0.717) is 13.0 Å². The average Bonchev–Trinajstić information content (AvgIpc) is 2.83. The molecular weight excluding hydrogens is 266 g/mol. The lowest BCUT2D eigenvalue weighted by Crippen LogP contribution is -2.28. The van der Waals surface area contributed by atoms with Crippen molar-refractivity contribution in [3.05, 3.63) is 48.0 Å². The van der Waals surface area contributed by atoms with E-state index < -0.39 is 0 Å². The summed E-state index contributed by atoms with van der Waals surface area (Å²) in [6.45, 7) is 3.60. The van der Waals surface area contributed by atoms with E-state index in [2.05, 4.69) is 54.7 Å². The van der Waals surface area contributed by atoms with Crippen LogP contribution in [-0.4, -0.2) is 24.3 Å². The molecule has 1 atom stereocenters. The van der Waals surface area contributed by atoms with Crippen LogP contribution in [0.4, 0.5) is 0 Å². The molecule has 0 radical (unpaired) electrons. The second kappa shape index (κ2) is 5.92. The van der Waals surface area contributed by atoms with Gasteiger partial charge in [0.1, 0.15) is 0 Å². The Kier molecular flexibility index (Phi) is 4.01. The van der Waals surface area contributed by atoms with Crippen LogP contribution in [0.2, 0.25) is 0 Å². The third kappa shape index (κ3) is 2.70. The molecule has 2 aromatic carbocycles. The average molecular weight is 285 g/mol. The number of fused-ring (bicyclic) bond motifs is 3. The summed E-state index contributed by atoms with van der Waals surface area (Å²) < 4.78 is 2.64. The summed E-state index contributed by atoms with van der Waals surface area (Å²) >= 11 is 1.83. The van der Waals surface area contributed by atoms with E-state index in [1.54, 1.807) is 0 Å². The molecular formula is C17H19NOS. The first kappa shape index (κ1) is 13.6. The molecule has 1 heterocycles. The highest BCUT2D eigenvalue weighted by Gasteiger charge is 2.08. The number of thiophene rings is 1. The van der Waals surface area contributed by atoms with Crippen molar-refractivity contribution < 1.29 is 5.11 Å². The topological polar surface area (TPSA) is 32.3 Å². The number of hydrogen-bond donors (Lipinski definition) is 2. The van der Waals surface area contributed by atoms with Crippen molar-refractivity contribution in [2.24, 2.45) is 0 Å². The first-order valence-electron chi connectivity index (χ1n) is 7.07. The molecule has 0 spiro atoms. The fourth-order valence-corrected chi connectivity index (χ4v) is 3.64. The number of benzene rings is 2. The molecule has 1 aromatic heterocycles. The summed E-state index contributed by atoms with van der Waals surface area (Å²) in [6.07, 6.45) is 0.380. The van der Waals surface area contributed by atoms with Crippen LogP contribution in [0.3, 0.4) is 0 Å². The maximum atomic E-state index is 10.0. The van der Waals surface area contributed by atoms with E-state index in [9.17, 15) is 5.11 Å². The van der Waals surface area contributed by atoms with E-state index in [0.717, 1.165) is 6.54 Å². The Hall–Kier alpha value is -1.42. The van der Waals surface area contributed by atoms with Crippen LogP contribution >= 0.6 is 11.3 Å². The minimum atomic E-state index is -0.322. The number of nitrogens with one attached hydrogen (secondary N) is 1. The van der Waals surface area contributed by atoms with Crippen LogP contribution in [0.25, 0.3) is 20.2 Å². The molecule has 3 rings (SSSR count). The van der Waals surface area contributed by atoms with Crippen molar-refractivity contribution >= 4 is 31.5 Å². The molecule has 0 saturated heterocycles. The molecule has 0 bridgehead atoms. The van der Waals surface area contributed by atoms with Crippen LogP contribution < -0.4 is 5.32 Å². The van der Waals surface area contributed by atoms with Gasteiger partial charge in [0.2, 0.25) is 0 Å². The van der Waals surface area contributed by atoms with Crippen LogP contribution in [0, 0.1) is 0 Å². The predicted octanol–water partition coefficient (Wildman–Crippen LogP) is 3.57. The molecule has 0 saturated carbocycles. The maximum Gasteiger partial charge on any atom is 0.0704 e. The summed E-state index contributed by atoms with van der Waals surface area (Å²) in [5.41, 5.74) is 1.20. The highest BCUT2D eigenvalue weighted by Crippen LogP contribution is 2.34. The minimum Gasteiger partial charge on any atom is -0.391 e. The highest BCUT2D eigenvalue weighted by molar-refractivity contribution is 7.25. The van der Waals surface area contributed by atoms with E-state index in [-0.39, 0.29) is 6.10 Å². The van der Waals surface area contributed by atoms with Crippen molar-refractivity contribution in [3.63, 3.8) is 0 Å². The van der Waals surface area contributed by atoms with Gasteiger partial charge in [-0.2, -0.15) is 0 Å². The summed E-state index contributed by atoms with van der Waals surface area (Å²) in [5, 5.41) is 15.8. The maximum absolute atomic E-state index is 10.0. The molecule has 0 amide bonds. The second-order valence-corrected chi connectivity index (χ2v) is 6.18. The van der Waals surface area contributed by atoms with E-state index in [4.69, 9.17) is 0 Å².